The molecule has 0 unspecified atom stereocenters. The molecule has 1 aromatic carbocycles. The zero-order valence-electron chi connectivity index (χ0n) is 10.2. The Hall–Kier alpha value is -1.88. The fourth-order valence-electron chi connectivity index (χ4n) is 1.40. The Bertz CT molecular complexity index is 441. The number of carbonyl (C=O) groups is 2. The largest absolute Gasteiger partial charge is 0.355 e. The van der Waals surface area contributed by atoms with Gasteiger partial charge in [0.15, 0.2) is 0 Å². The van der Waals surface area contributed by atoms with Crippen molar-refractivity contribution in [2.24, 2.45) is 5.73 Å². The molecule has 0 bridgehead atoms. The molecule has 2 amide bonds. The minimum absolute atomic E-state index is 0.181. The first kappa shape index (κ1) is 13.2. The summed E-state index contributed by atoms with van der Waals surface area (Å²) in [6.45, 7) is 3.38. The second kappa shape index (κ2) is 5.45. The molecule has 0 fully saturated rings. The third-order valence-electron chi connectivity index (χ3n) is 2.48. The van der Waals surface area contributed by atoms with Crippen molar-refractivity contribution in [2.75, 3.05) is 12.4 Å². The molecule has 5 nitrogen and oxygen atoms in total. The van der Waals surface area contributed by atoms with Crippen molar-refractivity contribution in [2.45, 2.75) is 19.9 Å². The number of carbonyl (C=O) groups excluding carboxylic acids is 2. The van der Waals surface area contributed by atoms with E-state index in [4.69, 9.17) is 5.73 Å². The Labute approximate surface area is 100 Å². The average molecular weight is 235 g/mol. The van der Waals surface area contributed by atoms with Gasteiger partial charge in [-0.2, -0.15) is 0 Å². The van der Waals surface area contributed by atoms with Crippen LogP contribution in [-0.2, 0) is 4.79 Å². The molecule has 1 atom stereocenters. The second-order valence-electron chi connectivity index (χ2n) is 3.84. The number of nitrogens with two attached hydrogens (primary N) is 1. The fraction of sp³-hybridized carbons (Fsp3) is 0.333. The first-order valence-corrected chi connectivity index (χ1v) is 5.35. The smallest absolute Gasteiger partial charge is 0.251 e. The summed E-state index contributed by atoms with van der Waals surface area (Å²) in [5.74, 6) is -0.457. The molecule has 0 aliphatic carbocycles. The van der Waals surface area contributed by atoms with E-state index >= 15 is 0 Å². The summed E-state index contributed by atoms with van der Waals surface area (Å²) in [5.41, 5.74) is 7.33. The third-order valence-corrected chi connectivity index (χ3v) is 2.48. The van der Waals surface area contributed by atoms with Crippen LogP contribution in [0.5, 0.6) is 0 Å². The molecule has 0 aliphatic heterocycles. The average Bonchev–Trinajstić information content (AvgIpc) is 2.30. The Morgan fingerprint density at radius 3 is 2.53 bits per heavy atom. The van der Waals surface area contributed by atoms with Gasteiger partial charge in [0, 0.05) is 18.3 Å². The predicted molar refractivity (Wildman–Crippen MR) is 66.8 cm³/mol. The second-order valence-corrected chi connectivity index (χ2v) is 3.84. The monoisotopic (exact) mass is 235 g/mol. The van der Waals surface area contributed by atoms with Gasteiger partial charge >= 0.3 is 0 Å². The highest BCUT2D eigenvalue weighted by molar-refractivity contribution is 6.00. The summed E-state index contributed by atoms with van der Waals surface area (Å²) in [4.78, 5) is 23.0. The van der Waals surface area contributed by atoms with Crippen LogP contribution in [0.2, 0.25) is 0 Å². The van der Waals surface area contributed by atoms with Crippen molar-refractivity contribution in [1.82, 2.24) is 5.32 Å². The van der Waals surface area contributed by atoms with E-state index in [0.717, 1.165) is 5.56 Å². The van der Waals surface area contributed by atoms with Crippen LogP contribution in [0.3, 0.4) is 0 Å². The van der Waals surface area contributed by atoms with Crippen molar-refractivity contribution in [3.05, 3.63) is 29.3 Å². The van der Waals surface area contributed by atoms with Crippen LogP contribution in [0.1, 0.15) is 22.8 Å². The van der Waals surface area contributed by atoms with Gasteiger partial charge in [-0.1, -0.05) is 6.07 Å². The van der Waals surface area contributed by atoms with Gasteiger partial charge in [-0.25, -0.2) is 0 Å². The molecule has 17 heavy (non-hydrogen) atoms. The Balaban J connectivity index is 3.02. The highest BCUT2D eigenvalue weighted by Gasteiger charge is 2.13. The topological polar surface area (TPSA) is 84.2 Å². The summed E-state index contributed by atoms with van der Waals surface area (Å²) in [5, 5.41) is 5.23. The predicted octanol–water partition coefficient (Wildman–Crippen LogP) is 0.640. The van der Waals surface area contributed by atoms with Gasteiger partial charge in [-0.3, -0.25) is 9.59 Å². The summed E-state index contributed by atoms with van der Waals surface area (Å²) in [7, 11) is 1.56. The molecule has 0 spiro atoms. The summed E-state index contributed by atoms with van der Waals surface area (Å²) in [6.07, 6.45) is 0. The van der Waals surface area contributed by atoms with E-state index in [1.807, 2.05) is 0 Å². The molecule has 0 heterocycles. The first-order chi connectivity index (χ1) is 7.97. The first-order valence-electron chi connectivity index (χ1n) is 5.35. The van der Waals surface area contributed by atoms with Gasteiger partial charge in [0.2, 0.25) is 5.91 Å². The van der Waals surface area contributed by atoms with Gasteiger partial charge in [0.1, 0.15) is 0 Å². The van der Waals surface area contributed by atoms with Crippen molar-refractivity contribution < 1.29 is 9.59 Å². The molecule has 0 saturated carbocycles. The molecule has 0 saturated heterocycles. The molecule has 92 valence electrons. The maximum atomic E-state index is 11.6. The standard InChI is InChI=1S/C12H17N3O2/c1-7-9(12(17)14-3)5-4-6-10(7)15-11(16)8(2)13/h4-6,8H,13H2,1-3H3,(H,14,17)(H,15,16)/t8-/m0/s1. The molecule has 5 heteroatoms. The van der Waals surface area contributed by atoms with Crippen LogP contribution >= 0.6 is 0 Å². The van der Waals surface area contributed by atoms with Crippen molar-refractivity contribution in [3.8, 4) is 0 Å². The highest BCUT2D eigenvalue weighted by Crippen LogP contribution is 2.18. The van der Waals surface area contributed by atoms with Gasteiger partial charge in [0.25, 0.3) is 5.91 Å². The summed E-state index contributed by atoms with van der Waals surface area (Å²) >= 11 is 0. The lowest BCUT2D eigenvalue weighted by Crippen LogP contribution is -2.32. The normalized spacial score (nSPS) is 11.8. The number of hydrogen-bond acceptors (Lipinski definition) is 3. The minimum Gasteiger partial charge on any atom is -0.355 e. The van der Waals surface area contributed by atoms with Crippen LogP contribution < -0.4 is 16.4 Å². The minimum atomic E-state index is -0.585. The van der Waals surface area contributed by atoms with E-state index in [9.17, 15) is 9.59 Å². The van der Waals surface area contributed by atoms with E-state index in [0.29, 0.717) is 11.3 Å². The Kier molecular flexibility index (Phi) is 4.23. The molecule has 0 radical (unpaired) electrons. The van der Waals surface area contributed by atoms with Crippen LogP contribution in [0.15, 0.2) is 18.2 Å². The van der Waals surface area contributed by atoms with Crippen LogP contribution in [0, 0.1) is 6.92 Å². The van der Waals surface area contributed by atoms with Gasteiger partial charge in [-0.05, 0) is 31.5 Å². The Morgan fingerprint density at radius 1 is 1.35 bits per heavy atom. The number of nitrogens with one attached hydrogen (secondary N) is 2. The van der Waals surface area contributed by atoms with Crippen molar-refractivity contribution in [1.29, 1.82) is 0 Å². The molecule has 1 aromatic rings. The number of hydrogen-bond donors (Lipinski definition) is 3. The van der Waals surface area contributed by atoms with Crippen molar-refractivity contribution in [3.63, 3.8) is 0 Å². The summed E-state index contributed by atoms with van der Waals surface area (Å²) < 4.78 is 0. The number of benzene rings is 1. The van der Waals surface area contributed by atoms with Gasteiger partial charge in [0.05, 0.1) is 6.04 Å². The zero-order valence-corrected chi connectivity index (χ0v) is 10.2. The lowest BCUT2D eigenvalue weighted by molar-refractivity contribution is -0.117. The lowest BCUT2D eigenvalue weighted by Gasteiger charge is -2.12. The van der Waals surface area contributed by atoms with E-state index in [2.05, 4.69) is 10.6 Å². The molecular weight excluding hydrogens is 218 g/mol. The highest BCUT2D eigenvalue weighted by atomic mass is 16.2. The van der Waals surface area contributed by atoms with E-state index < -0.39 is 6.04 Å². The number of anilines is 1. The van der Waals surface area contributed by atoms with Crippen LogP contribution in [0.25, 0.3) is 0 Å². The van der Waals surface area contributed by atoms with E-state index in [-0.39, 0.29) is 11.8 Å². The molecule has 0 aromatic heterocycles. The molecule has 4 N–H and O–H groups in total. The number of rotatable bonds is 3. The molecular formula is C12H17N3O2. The van der Waals surface area contributed by atoms with Crippen LogP contribution in [0.4, 0.5) is 5.69 Å². The third kappa shape index (κ3) is 3.04. The fourth-order valence-corrected chi connectivity index (χ4v) is 1.40. The quantitative estimate of drug-likeness (QED) is 0.718. The molecule has 0 aliphatic rings. The summed E-state index contributed by atoms with van der Waals surface area (Å²) in [6, 6.07) is 4.57. The maximum Gasteiger partial charge on any atom is 0.251 e. The van der Waals surface area contributed by atoms with Gasteiger partial charge < -0.3 is 16.4 Å². The zero-order chi connectivity index (χ0) is 13.0. The maximum absolute atomic E-state index is 11.6. The molecule has 1 rings (SSSR count). The van der Waals surface area contributed by atoms with Gasteiger partial charge in [-0.15, -0.1) is 0 Å². The van der Waals surface area contributed by atoms with E-state index in [1.54, 1.807) is 39.1 Å². The van der Waals surface area contributed by atoms with Crippen molar-refractivity contribution >= 4 is 17.5 Å². The van der Waals surface area contributed by atoms with Crippen LogP contribution in [-0.4, -0.2) is 24.9 Å². The Morgan fingerprint density at radius 2 is 2.00 bits per heavy atom. The SMILES string of the molecule is CNC(=O)c1cccc(NC(=O)[C@H](C)N)c1C. The lowest BCUT2D eigenvalue weighted by atomic mass is 10.1. The van der Waals surface area contributed by atoms with E-state index in [1.165, 1.54) is 0 Å². The number of amides is 2.